The number of cyclic esters (lactones) is 1. The first-order chi connectivity index (χ1) is 13.3. The Balaban J connectivity index is 1.61. The van der Waals surface area contributed by atoms with Gasteiger partial charge in [-0.3, -0.25) is 9.69 Å². The van der Waals surface area contributed by atoms with Crippen LogP contribution in [0.4, 0.5) is 23.7 Å². The Bertz CT molecular complexity index is 868. The maximum Gasteiger partial charge on any atom is 0.416 e. The van der Waals surface area contributed by atoms with E-state index in [0.29, 0.717) is 11.3 Å². The van der Waals surface area contributed by atoms with Crippen molar-refractivity contribution >= 4 is 17.7 Å². The summed E-state index contributed by atoms with van der Waals surface area (Å²) in [5.41, 5.74) is -0.363. The fraction of sp³-hybridized carbons (Fsp3) is 0.263. The Morgan fingerprint density at radius 2 is 1.96 bits per heavy atom. The molecule has 148 valence electrons. The van der Waals surface area contributed by atoms with Crippen molar-refractivity contribution in [1.29, 1.82) is 0 Å². The lowest BCUT2D eigenvalue weighted by atomic mass is 10.1. The summed E-state index contributed by atoms with van der Waals surface area (Å²) in [5, 5.41) is 2.64. The molecule has 1 fully saturated rings. The van der Waals surface area contributed by atoms with Crippen LogP contribution in [0.3, 0.4) is 0 Å². The second-order valence-electron chi connectivity index (χ2n) is 6.10. The number of carbonyl (C=O) groups is 2. The molecule has 0 radical (unpaired) electrons. The van der Waals surface area contributed by atoms with Crippen LogP contribution in [0, 0.1) is 0 Å². The van der Waals surface area contributed by atoms with E-state index in [1.807, 2.05) is 0 Å². The van der Waals surface area contributed by atoms with Gasteiger partial charge in [0.2, 0.25) is 0 Å². The van der Waals surface area contributed by atoms with Crippen molar-refractivity contribution in [2.75, 3.05) is 25.1 Å². The van der Waals surface area contributed by atoms with Gasteiger partial charge in [-0.05, 0) is 42.5 Å². The summed E-state index contributed by atoms with van der Waals surface area (Å²) >= 11 is 0. The number of carbonyl (C=O) groups excluding carboxylic acids is 2. The van der Waals surface area contributed by atoms with Crippen molar-refractivity contribution in [3.63, 3.8) is 0 Å². The van der Waals surface area contributed by atoms with Crippen molar-refractivity contribution < 1.29 is 32.2 Å². The van der Waals surface area contributed by atoms with Gasteiger partial charge in [0.25, 0.3) is 5.91 Å². The van der Waals surface area contributed by atoms with Gasteiger partial charge in [0.05, 0.1) is 25.8 Å². The number of benzene rings is 2. The van der Waals surface area contributed by atoms with Gasteiger partial charge in [-0.25, -0.2) is 4.79 Å². The summed E-state index contributed by atoms with van der Waals surface area (Å²) in [6, 6.07) is 10.9. The van der Waals surface area contributed by atoms with Crippen molar-refractivity contribution in [3.8, 4) is 5.75 Å². The molecule has 1 unspecified atom stereocenters. The SMILES string of the molecule is COc1ccc(C(=O)NCC2CN(c3cccc(C(F)(F)F)c3)C(=O)O2)cc1. The number of hydrogen-bond donors (Lipinski definition) is 1. The van der Waals surface area contributed by atoms with Crippen LogP contribution in [0.25, 0.3) is 0 Å². The lowest BCUT2D eigenvalue weighted by Crippen LogP contribution is -2.34. The Morgan fingerprint density at radius 1 is 1.25 bits per heavy atom. The molecule has 1 aliphatic rings. The van der Waals surface area contributed by atoms with Gasteiger partial charge in [-0.15, -0.1) is 0 Å². The van der Waals surface area contributed by atoms with E-state index in [-0.39, 0.29) is 24.7 Å². The zero-order chi connectivity index (χ0) is 20.3. The third kappa shape index (κ3) is 4.36. The van der Waals surface area contributed by atoms with E-state index in [1.165, 1.54) is 19.2 Å². The Hall–Kier alpha value is -3.23. The molecule has 6 nitrogen and oxygen atoms in total. The zero-order valence-corrected chi connectivity index (χ0v) is 14.8. The molecule has 1 aliphatic heterocycles. The largest absolute Gasteiger partial charge is 0.497 e. The molecule has 28 heavy (non-hydrogen) atoms. The molecular formula is C19H17F3N2O4. The molecule has 0 aromatic heterocycles. The molecule has 0 aliphatic carbocycles. The molecule has 0 saturated carbocycles. The number of anilines is 1. The topological polar surface area (TPSA) is 67.9 Å². The van der Waals surface area contributed by atoms with Crippen molar-refractivity contribution in [2.45, 2.75) is 12.3 Å². The summed E-state index contributed by atoms with van der Waals surface area (Å²) in [6.45, 7) is 0.0646. The highest BCUT2D eigenvalue weighted by Gasteiger charge is 2.35. The van der Waals surface area contributed by atoms with Crippen LogP contribution in [0.1, 0.15) is 15.9 Å². The van der Waals surface area contributed by atoms with E-state index in [0.717, 1.165) is 17.0 Å². The predicted molar refractivity (Wildman–Crippen MR) is 94.4 cm³/mol. The third-order valence-electron chi connectivity index (χ3n) is 4.20. The van der Waals surface area contributed by atoms with E-state index < -0.39 is 23.9 Å². The Morgan fingerprint density at radius 3 is 2.61 bits per heavy atom. The highest BCUT2D eigenvalue weighted by molar-refractivity contribution is 5.94. The minimum Gasteiger partial charge on any atom is -0.497 e. The smallest absolute Gasteiger partial charge is 0.416 e. The van der Waals surface area contributed by atoms with Gasteiger partial charge in [0.15, 0.2) is 0 Å². The van der Waals surface area contributed by atoms with Gasteiger partial charge in [-0.1, -0.05) is 6.07 Å². The number of nitrogens with one attached hydrogen (secondary N) is 1. The van der Waals surface area contributed by atoms with E-state index in [4.69, 9.17) is 9.47 Å². The average Bonchev–Trinajstić information content (AvgIpc) is 3.06. The fourth-order valence-electron chi connectivity index (χ4n) is 2.74. The van der Waals surface area contributed by atoms with Gasteiger partial charge < -0.3 is 14.8 Å². The predicted octanol–water partition coefficient (Wildman–Crippen LogP) is 3.47. The van der Waals surface area contributed by atoms with Crippen molar-refractivity contribution in [3.05, 3.63) is 59.7 Å². The maximum atomic E-state index is 12.9. The average molecular weight is 394 g/mol. The molecule has 9 heteroatoms. The number of methoxy groups -OCH3 is 1. The van der Waals surface area contributed by atoms with Crippen LogP contribution in [0.2, 0.25) is 0 Å². The molecule has 0 spiro atoms. The van der Waals surface area contributed by atoms with Crippen LogP contribution in [-0.2, 0) is 10.9 Å². The van der Waals surface area contributed by atoms with Crippen LogP contribution >= 0.6 is 0 Å². The van der Waals surface area contributed by atoms with Crippen LogP contribution in [0.5, 0.6) is 5.75 Å². The number of hydrogen-bond acceptors (Lipinski definition) is 4. The molecular weight excluding hydrogens is 377 g/mol. The summed E-state index contributed by atoms with van der Waals surface area (Å²) in [7, 11) is 1.51. The molecule has 3 rings (SSSR count). The zero-order valence-electron chi connectivity index (χ0n) is 14.8. The number of amides is 2. The lowest BCUT2D eigenvalue weighted by molar-refractivity contribution is -0.137. The summed E-state index contributed by atoms with van der Waals surface area (Å²) in [5.74, 6) is 0.245. The van der Waals surface area contributed by atoms with E-state index in [2.05, 4.69) is 5.32 Å². The highest BCUT2D eigenvalue weighted by atomic mass is 19.4. The van der Waals surface area contributed by atoms with Crippen LogP contribution in [-0.4, -0.2) is 38.3 Å². The van der Waals surface area contributed by atoms with Gasteiger partial charge >= 0.3 is 12.3 Å². The first-order valence-corrected chi connectivity index (χ1v) is 8.35. The standard InChI is InChI=1S/C19H17F3N2O4/c1-27-15-7-5-12(6-8-15)17(25)23-10-16-11-24(18(26)28-16)14-4-2-3-13(9-14)19(20,21)22/h2-9,16H,10-11H2,1H3,(H,23,25). The minimum atomic E-state index is -4.51. The fourth-order valence-corrected chi connectivity index (χ4v) is 2.74. The first kappa shape index (κ1) is 19.5. The molecule has 1 N–H and O–H groups in total. The third-order valence-corrected chi connectivity index (χ3v) is 4.20. The molecule has 2 aromatic rings. The first-order valence-electron chi connectivity index (χ1n) is 8.35. The second-order valence-corrected chi connectivity index (χ2v) is 6.10. The number of alkyl halides is 3. The minimum absolute atomic E-state index is 0.0308. The van der Waals surface area contributed by atoms with Gasteiger partial charge in [0, 0.05) is 11.3 Å². The normalized spacial score (nSPS) is 16.6. The summed E-state index contributed by atoms with van der Waals surface area (Å²) in [6.07, 6.45) is -5.95. The molecule has 2 amide bonds. The molecule has 1 saturated heterocycles. The Kier molecular flexibility index (Phi) is 5.43. The van der Waals surface area contributed by atoms with Gasteiger partial charge in [0.1, 0.15) is 11.9 Å². The molecule has 2 aromatic carbocycles. The van der Waals surface area contributed by atoms with Crippen LogP contribution < -0.4 is 15.0 Å². The molecule has 0 bridgehead atoms. The molecule has 1 atom stereocenters. The Labute approximate surface area is 158 Å². The highest BCUT2D eigenvalue weighted by Crippen LogP contribution is 2.32. The second kappa shape index (κ2) is 7.79. The van der Waals surface area contributed by atoms with Crippen LogP contribution in [0.15, 0.2) is 48.5 Å². The van der Waals surface area contributed by atoms with E-state index >= 15 is 0 Å². The summed E-state index contributed by atoms with van der Waals surface area (Å²) < 4.78 is 48.7. The quantitative estimate of drug-likeness (QED) is 0.843. The number of rotatable bonds is 5. The molecule has 1 heterocycles. The van der Waals surface area contributed by atoms with Gasteiger partial charge in [-0.2, -0.15) is 13.2 Å². The van der Waals surface area contributed by atoms with E-state index in [9.17, 15) is 22.8 Å². The van der Waals surface area contributed by atoms with E-state index in [1.54, 1.807) is 24.3 Å². The number of nitrogens with zero attached hydrogens (tertiary/aromatic N) is 1. The number of halogens is 3. The van der Waals surface area contributed by atoms with Crippen molar-refractivity contribution in [2.24, 2.45) is 0 Å². The monoisotopic (exact) mass is 394 g/mol. The summed E-state index contributed by atoms with van der Waals surface area (Å²) in [4.78, 5) is 25.3. The maximum absolute atomic E-state index is 12.9. The lowest BCUT2D eigenvalue weighted by Gasteiger charge is -2.15. The number of ether oxygens (including phenoxy) is 2. The van der Waals surface area contributed by atoms with Crippen molar-refractivity contribution in [1.82, 2.24) is 5.32 Å².